The summed E-state index contributed by atoms with van der Waals surface area (Å²) in [6.07, 6.45) is 0. The quantitative estimate of drug-likeness (QED) is 0.480. The molecule has 1 saturated heterocycles. The second-order valence-corrected chi connectivity index (χ2v) is 7.12. The second kappa shape index (κ2) is 5.88. The van der Waals surface area contributed by atoms with Gasteiger partial charge in [-0.1, -0.05) is 0 Å². The lowest BCUT2D eigenvalue weighted by atomic mass is 10.1. The van der Waals surface area contributed by atoms with Gasteiger partial charge in [-0.05, 0) is 19.9 Å². The maximum Gasteiger partial charge on any atom is 0.356 e. The lowest BCUT2D eigenvalue weighted by Crippen LogP contribution is -2.43. The zero-order chi connectivity index (χ0) is 15.6. The number of nitro groups is 1. The fourth-order valence-electron chi connectivity index (χ4n) is 2.23. The van der Waals surface area contributed by atoms with Crippen molar-refractivity contribution in [2.75, 3.05) is 30.9 Å². The molecule has 0 aromatic carbocycles. The van der Waals surface area contributed by atoms with E-state index in [1.807, 2.05) is 16.7 Å². The summed E-state index contributed by atoms with van der Waals surface area (Å²) in [6.45, 7) is 5.46. The number of thioether (sulfide) groups is 1. The van der Waals surface area contributed by atoms with Gasteiger partial charge in [-0.25, -0.2) is 9.78 Å². The van der Waals surface area contributed by atoms with E-state index in [0.29, 0.717) is 13.1 Å². The molecular weight excluding hydrogens is 294 g/mol. The van der Waals surface area contributed by atoms with Crippen molar-refractivity contribution in [3.8, 4) is 0 Å². The molecule has 2 heterocycles. The zero-order valence-corrected chi connectivity index (χ0v) is 13.0. The zero-order valence-electron chi connectivity index (χ0n) is 12.2. The van der Waals surface area contributed by atoms with Crippen LogP contribution < -0.4 is 4.90 Å². The van der Waals surface area contributed by atoms with Gasteiger partial charge < -0.3 is 9.64 Å². The van der Waals surface area contributed by atoms with Crippen LogP contribution >= 0.6 is 11.8 Å². The first-order valence-corrected chi connectivity index (χ1v) is 7.45. The van der Waals surface area contributed by atoms with Crippen molar-refractivity contribution in [2.45, 2.75) is 18.6 Å². The van der Waals surface area contributed by atoms with Crippen LogP contribution in [0, 0.1) is 10.1 Å². The molecular formula is C13H17N3O4S. The Kier molecular flexibility index (Phi) is 4.36. The van der Waals surface area contributed by atoms with E-state index in [-0.39, 0.29) is 21.9 Å². The fourth-order valence-corrected chi connectivity index (χ4v) is 3.34. The Morgan fingerprint density at radius 2 is 2.24 bits per heavy atom. The van der Waals surface area contributed by atoms with Crippen molar-refractivity contribution < 1.29 is 14.5 Å². The number of anilines is 1. The highest BCUT2D eigenvalue weighted by Crippen LogP contribution is 2.35. The third-order valence-electron chi connectivity index (χ3n) is 3.17. The molecule has 0 unspecified atom stereocenters. The summed E-state index contributed by atoms with van der Waals surface area (Å²) in [5.74, 6) is 0.488. The van der Waals surface area contributed by atoms with Gasteiger partial charge in [-0.3, -0.25) is 10.1 Å². The number of carbonyl (C=O) groups excluding carboxylic acids is 1. The summed E-state index contributed by atoms with van der Waals surface area (Å²) >= 11 is 1.82. The Morgan fingerprint density at radius 1 is 1.52 bits per heavy atom. The monoisotopic (exact) mass is 311 g/mol. The van der Waals surface area contributed by atoms with Gasteiger partial charge in [0, 0.05) is 29.7 Å². The minimum absolute atomic E-state index is 0.0188. The largest absolute Gasteiger partial charge is 0.464 e. The number of nitrogens with zero attached hydrogens (tertiary/aromatic N) is 3. The summed E-state index contributed by atoms with van der Waals surface area (Å²) in [7, 11) is 1.26. The molecule has 2 rings (SSSR count). The predicted octanol–water partition coefficient (Wildman–Crippen LogP) is 2.11. The number of esters is 1. The third-order valence-corrected chi connectivity index (χ3v) is 4.47. The van der Waals surface area contributed by atoms with Crippen molar-refractivity contribution in [3.05, 3.63) is 27.9 Å². The standard InChI is InChI=1S/C13H17N3O4S/c1-13(2)8-15(6-7-21-13)11-10(16(18)19)5-4-9(14-11)12(17)20-3/h4-5H,6-8H2,1-3H3. The number of pyridine rings is 1. The van der Waals surface area contributed by atoms with Crippen molar-refractivity contribution in [1.82, 2.24) is 4.98 Å². The van der Waals surface area contributed by atoms with Crippen molar-refractivity contribution in [2.24, 2.45) is 0 Å². The summed E-state index contributed by atoms with van der Waals surface area (Å²) in [6, 6.07) is 2.63. The molecule has 1 aliphatic heterocycles. The molecule has 7 nitrogen and oxygen atoms in total. The Bertz CT molecular complexity index is 577. The van der Waals surface area contributed by atoms with Crippen LogP contribution in [0.15, 0.2) is 12.1 Å². The summed E-state index contributed by atoms with van der Waals surface area (Å²) in [4.78, 5) is 28.3. The molecule has 1 aromatic heterocycles. The van der Waals surface area contributed by atoms with Crippen LogP contribution in [0.1, 0.15) is 24.3 Å². The van der Waals surface area contributed by atoms with E-state index in [1.165, 1.54) is 19.2 Å². The van der Waals surface area contributed by atoms with Gasteiger partial charge >= 0.3 is 11.7 Å². The molecule has 0 saturated carbocycles. The van der Waals surface area contributed by atoms with Gasteiger partial charge in [0.25, 0.3) is 0 Å². The molecule has 0 bridgehead atoms. The molecule has 0 atom stereocenters. The highest BCUT2D eigenvalue weighted by Gasteiger charge is 2.32. The SMILES string of the molecule is COC(=O)c1ccc([N+](=O)[O-])c(N2CCSC(C)(C)C2)n1. The van der Waals surface area contributed by atoms with E-state index in [1.54, 1.807) is 0 Å². The number of carbonyl (C=O) groups is 1. The molecule has 0 amide bonds. The Labute approximate surface area is 126 Å². The molecule has 0 N–H and O–H groups in total. The number of aromatic nitrogens is 1. The van der Waals surface area contributed by atoms with E-state index >= 15 is 0 Å². The first kappa shape index (κ1) is 15.6. The number of hydrogen-bond donors (Lipinski definition) is 0. The molecule has 21 heavy (non-hydrogen) atoms. The third kappa shape index (κ3) is 3.44. The van der Waals surface area contributed by atoms with E-state index in [0.717, 1.165) is 5.75 Å². The molecule has 0 spiro atoms. The first-order valence-electron chi connectivity index (χ1n) is 6.47. The average molecular weight is 311 g/mol. The van der Waals surface area contributed by atoms with E-state index in [4.69, 9.17) is 0 Å². The number of ether oxygens (including phenoxy) is 1. The Balaban J connectivity index is 2.43. The highest BCUT2D eigenvalue weighted by atomic mass is 32.2. The molecule has 1 aliphatic rings. The fraction of sp³-hybridized carbons (Fsp3) is 0.538. The van der Waals surface area contributed by atoms with Crippen LogP contribution in [-0.4, -0.2) is 46.6 Å². The number of rotatable bonds is 3. The number of methoxy groups -OCH3 is 1. The van der Waals surface area contributed by atoms with Crippen LogP contribution in [0.4, 0.5) is 11.5 Å². The van der Waals surface area contributed by atoms with Crippen LogP contribution in [0.3, 0.4) is 0 Å². The Morgan fingerprint density at radius 3 is 2.81 bits per heavy atom. The van der Waals surface area contributed by atoms with Gasteiger partial charge in [-0.2, -0.15) is 11.8 Å². The minimum Gasteiger partial charge on any atom is -0.464 e. The topological polar surface area (TPSA) is 85.6 Å². The van der Waals surface area contributed by atoms with E-state index in [9.17, 15) is 14.9 Å². The summed E-state index contributed by atoms with van der Waals surface area (Å²) in [5.41, 5.74) is -0.0144. The van der Waals surface area contributed by atoms with Crippen LogP contribution in [0.2, 0.25) is 0 Å². The molecule has 1 fully saturated rings. The van der Waals surface area contributed by atoms with E-state index in [2.05, 4.69) is 23.6 Å². The van der Waals surface area contributed by atoms with Gasteiger partial charge in [0.05, 0.1) is 12.0 Å². The summed E-state index contributed by atoms with van der Waals surface area (Å²) < 4.78 is 4.61. The van der Waals surface area contributed by atoms with Gasteiger partial charge in [-0.15, -0.1) is 0 Å². The van der Waals surface area contributed by atoms with Gasteiger partial charge in [0.1, 0.15) is 0 Å². The van der Waals surface area contributed by atoms with E-state index < -0.39 is 10.9 Å². The highest BCUT2D eigenvalue weighted by molar-refractivity contribution is 8.00. The second-order valence-electron chi connectivity index (χ2n) is 5.32. The van der Waals surface area contributed by atoms with Crippen LogP contribution in [0.5, 0.6) is 0 Å². The molecule has 8 heteroatoms. The molecule has 0 aliphatic carbocycles. The Hall–Kier alpha value is -1.83. The maximum absolute atomic E-state index is 11.6. The molecule has 1 aromatic rings. The minimum atomic E-state index is -0.600. The first-order chi connectivity index (χ1) is 9.84. The van der Waals surface area contributed by atoms with Gasteiger partial charge in [0.15, 0.2) is 5.69 Å². The molecule has 114 valence electrons. The predicted molar refractivity (Wildman–Crippen MR) is 81.0 cm³/mol. The normalized spacial score (nSPS) is 17.4. The van der Waals surface area contributed by atoms with Crippen LogP contribution in [0.25, 0.3) is 0 Å². The average Bonchev–Trinajstić information content (AvgIpc) is 2.44. The van der Waals surface area contributed by atoms with Crippen LogP contribution in [-0.2, 0) is 4.74 Å². The lowest BCUT2D eigenvalue weighted by molar-refractivity contribution is -0.384. The molecule has 0 radical (unpaired) electrons. The van der Waals surface area contributed by atoms with Crippen molar-refractivity contribution >= 4 is 29.2 Å². The smallest absolute Gasteiger partial charge is 0.356 e. The summed E-state index contributed by atoms with van der Waals surface area (Å²) in [5, 5.41) is 11.2. The van der Waals surface area contributed by atoms with Crippen molar-refractivity contribution in [1.29, 1.82) is 0 Å². The van der Waals surface area contributed by atoms with Gasteiger partial charge in [0.2, 0.25) is 5.82 Å². The lowest BCUT2D eigenvalue weighted by Gasteiger charge is -2.37. The number of hydrogen-bond acceptors (Lipinski definition) is 7. The van der Waals surface area contributed by atoms with Crippen molar-refractivity contribution in [3.63, 3.8) is 0 Å². The maximum atomic E-state index is 11.6.